The second-order valence-corrected chi connectivity index (χ2v) is 4.13. The van der Waals surface area contributed by atoms with Gasteiger partial charge in [0.15, 0.2) is 5.78 Å². The summed E-state index contributed by atoms with van der Waals surface area (Å²) in [5.41, 5.74) is 2.76. The number of carbonyl (C=O) groups is 1. The van der Waals surface area contributed by atoms with Gasteiger partial charge in [0, 0.05) is 17.0 Å². The predicted molar refractivity (Wildman–Crippen MR) is 65.2 cm³/mol. The van der Waals surface area contributed by atoms with Crippen molar-refractivity contribution < 1.29 is 9.18 Å². The van der Waals surface area contributed by atoms with Crippen molar-refractivity contribution >= 4 is 5.78 Å². The molecule has 17 heavy (non-hydrogen) atoms. The van der Waals surface area contributed by atoms with Gasteiger partial charge in [-0.2, -0.15) is 0 Å². The topological polar surface area (TPSA) is 22.0 Å². The van der Waals surface area contributed by atoms with Gasteiger partial charge in [-0.15, -0.1) is 0 Å². The van der Waals surface area contributed by atoms with Gasteiger partial charge in [0.25, 0.3) is 0 Å². The van der Waals surface area contributed by atoms with E-state index in [-0.39, 0.29) is 11.6 Å². The molecule has 0 atom stereocenters. The zero-order chi connectivity index (χ0) is 12.6. The zero-order valence-corrected chi connectivity index (χ0v) is 10.1. The molecule has 3 heteroatoms. The Kier molecular flexibility index (Phi) is 2.84. The summed E-state index contributed by atoms with van der Waals surface area (Å²) in [5, 5.41) is 0. The van der Waals surface area contributed by atoms with Crippen LogP contribution in [0.4, 0.5) is 4.39 Å². The summed E-state index contributed by atoms with van der Waals surface area (Å²) in [6.07, 6.45) is 0. The molecule has 0 fully saturated rings. The third-order valence-electron chi connectivity index (χ3n) is 2.90. The van der Waals surface area contributed by atoms with Crippen molar-refractivity contribution in [1.82, 2.24) is 4.57 Å². The molecule has 0 aliphatic heterocycles. The highest BCUT2D eigenvalue weighted by Gasteiger charge is 2.15. The minimum absolute atomic E-state index is 0.000638. The van der Waals surface area contributed by atoms with Crippen LogP contribution in [0.3, 0.4) is 0 Å². The van der Waals surface area contributed by atoms with Crippen LogP contribution in [0.15, 0.2) is 30.3 Å². The molecule has 0 N–H and O–H groups in total. The molecule has 2 aromatic rings. The maximum Gasteiger partial charge on any atom is 0.161 e. The minimum atomic E-state index is -0.288. The fourth-order valence-electron chi connectivity index (χ4n) is 2.12. The van der Waals surface area contributed by atoms with E-state index in [0.29, 0.717) is 11.3 Å². The maximum atomic E-state index is 13.7. The van der Waals surface area contributed by atoms with Gasteiger partial charge in [0.2, 0.25) is 0 Å². The highest BCUT2D eigenvalue weighted by Crippen LogP contribution is 2.22. The van der Waals surface area contributed by atoms with Crippen LogP contribution in [-0.4, -0.2) is 10.4 Å². The number of rotatable bonds is 2. The molecule has 0 unspecified atom stereocenters. The lowest BCUT2D eigenvalue weighted by molar-refractivity contribution is 0.101. The number of carbonyl (C=O) groups excluding carboxylic acids is 1. The van der Waals surface area contributed by atoms with Crippen LogP contribution >= 0.6 is 0 Å². The molecule has 88 valence electrons. The van der Waals surface area contributed by atoms with Gasteiger partial charge in [-0.1, -0.05) is 12.1 Å². The van der Waals surface area contributed by atoms with E-state index < -0.39 is 0 Å². The summed E-state index contributed by atoms with van der Waals surface area (Å²) >= 11 is 0. The maximum absolute atomic E-state index is 13.7. The largest absolute Gasteiger partial charge is 0.315 e. The van der Waals surface area contributed by atoms with E-state index in [0.717, 1.165) is 11.4 Å². The molecule has 1 aromatic heterocycles. The summed E-state index contributed by atoms with van der Waals surface area (Å²) in [5.74, 6) is -0.287. The summed E-state index contributed by atoms with van der Waals surface area (Å²) in [4.78, 5) is 11.4. The summed E-state index contributed by atoms with van der Waals surface area (Å²) in [6.45, 7) is 5.22. The van der Waals surface area contributed by atoms with Gasteiger partial charge in [-0.25, -0.2) is 4.39 Å². The first-order valence-corrected chi connectivity index (χ1v) is 5.47. The Hall–Kier alpha value is -1.90. The number of nitrogens with zero attached hydrogens (tertiary/aromatic N) is 1. The molecular formula is C14H14FNO. The van der Waals surface area contributed by atoms with Crippen molar-refractivity contribution in [3.8, 4) is 5.69 Å². The van der Waals surface area contributed by atoms with Crippen molar-refractivity contribution in [3.63, 3.8) is 0 Å². The number of halogens is 1. The predicted octanol–water partition coefficient (Wildman–Crippen LogP) is 3.44. The van der Waals surface area contributed by atoms with Crippen molar-refractivity contribution in [2.24, 2.45) is 0 Å². The molecule has 0 radical (unpaired) electrons. The van der Waals surface area contributed by atoms with Crippen LogP contribution < -0.4 is 0 Å². The van der Waals surface area contributed by atoms with Crippen LogP contribution in [0.25, 0.3) is 5.69 Å². The molecule has 2 nitrogen and oxygen atoms in total. The number of ketones is 1. The van der Waals surface area contributed by atoms with Crippen LogP contribution in [0.5, 0.6) is 0 Å². The van der Waals surface area contributed by atoms with Gasteiger partial charge in [0.05, 0.1) is 5.69 Å². The molecule has 0 aliphatic carbocycles. The first kappa shape index (κ1) is 11.6. The van der Waals surface area contributed by atoms with Crippen LogP contribution in [0.2, 0.25) is 0 Å². The second-order valence-electron chi connectivity index (χ2n) is 4.13. The van der Waals surface area contributed by atoms with Gasteiger partial charge < -0.3 is 4.57 Å². The van der Waals surface area contributed by atoms with Crippen molar-refractivity contribution in [2.45, 2.75) is 20.8 Å². The molecule has 0 saturated heterocycles. The normalized spacial score (nSPS) is 10.6. The monoisotopic (exact) mass is 231 g/mol. The Morgan fingerprint density at radius 2 is 1.88 bits per heavy atom. The van der Waals surface area contributed by atoms with Crippen LogP contribution in [-0.2, 0) is 0 Å². The van der Waals surface area contributed by atoms with Crippen LogP contribution in [0.1, 0.15) is 28.7 Å². The van der Waals surface area contributed by atoms with E-state index >= 15 is 0 Å². The lowest BCUT2D eigenvalue weighted by Crippen LogP contribution is -2.03. The third-order valence-corrected chi connectivity index (χ3v) is 2.90. The Balaban J connectivity index is 2.69. The van der Waals surface area contributed by atoms with Crippen molar-refractivity contribution in [1.29, 1.82) is 0 Å². The SMILES string of the molecule is CC(=O)c1cc(C)n(-c2ccccc2F)c1C. The van der Waals surface area contributed by atoms with Gasteiger partial charge in [-0.05, 0) is 39.0 Å². The van der Waals surface area contributed by atoms with E-state index in [1.54, 1.807) is 28.8 Å². The number of para-hydroxylation sites is 1. The molecule has 0 spiro atoms. The smallest absolute Gasteiger partial charge is 0.161 e. The third kappa shape index (κ3) is 1.88. The average molecular weight is 231 g/mol. The average Bonchev–Trinajstić information content (AvgIpc) is 2.56. The number of Topliss-reactive ketones (excluding diaryl/α,β-unsaturated/α-hetero) is 1. The molecule has 0 amide bonds. The van der Waals surface area contributed by atoms with E-state index in [1.165, 1.54) is 13.0 Å². The van der Waals surface area contributed by atoms with Gasteiger partial charge in [-0.3, -0.25) is 4.79 Å². The molecular weight excluding hydrogens is 217 g/mol. The first-order valence-electron chi connectivity index (χ1n) is 5.47. The molecule has 0 bridgehead atoms. The highest BCUT2D eigenvalue weighted by atomic mass is 19.1. The standard InChI is InChI=1S/C14H14FNO/c1-9-8-12(11(3)17)10(2)16(9)14-7-5-4-6-13(14)15/h4-8H,1-3H3. The Bertz CT molecular complexity index is 584. The molecule has 0 saturated carbocycles. The Labute approximate surface area is 99.7 Å². The fourth-order valence-corrected chi connectivity index (χ4v) is 2.12. The van der Waals surface area contributed by atoms with Crippen molar-refractivity contribution in [2.75, 3.05) is 0 Å². The number of hydrogen-bond donors (Lipinski definition) is 0. The Morgan fingerprint density at radius 3 is 2.41 bits per heavy atom. The second kappa shape index (κ2) is 4.17. The van der Waals surface area contributed by atoms with Crippen molar-refractivity contribution in [3.05, 3.63) is 53.1 Å². The molecule has 1 heterocycles. The van der Waals surface area contributed by atoms with E-state index in [4.69, 9.17) is 0 Å². The summed E-state index contributed by atoms with van der Waals surface area (Å²) in [7, 11) is 0. The number of aromatic nitrogens is 1. The van der Waals surface area contributed by atoms with Gasteiger partial charge >= 0.3 is 0 Å². The fraction of sp³-hybridized carbons (Fsp3) is 0.214. The molecule has 1 aromatic carbocycles. The number of hydrogen-bond acceptors (Lipinski definition) is 1. The first-order chi connectivity index (χ1) is 8.02. The lowest BCUT2D eigenvalue weighted by Gasteiger charge is -2.10. The number of aryl methyl sites for hydroxylation is 1. The van der Waals surface area contributed by atoms with E-state index in [2.05, 4.69) is 0 Å². The molecule has 0 aliphatic rings. The van der Waals surface area contributed by atoms with E-state index in [9.17, 15) is 9.18 Å². The zero-order valence-electron chi connectivity index (χ0n) is 10.1. The van der Waals surface area contributed by atoms with Gasteiger partial charge in [0.1, 0.15) is 5.82 Å². The minimum Gasteiger partial charge on any atom is -0.315 e. The van der Waals surface area contributed by atoms with E-state index in [1.807, 2.05) is 13.8 Å². The van der Waals surface area contributed by atoms with Crippen LogP contribution in [0, 0.1) is 19.7 Å². The summed E-state index contributed by atoms with van der Waals surface area (Å²) in [6, 6.07) is 8.36. The highest BCUT2D eigenvalue weighted by molar-refractivity contribution is 5.95. The number of benzene rings is 1. The molecule has 2 rings (SSSR count). The lowest BCUT2D eigenvalue weighted by atomic mass is 10.2. The Morgan fingerprint density at radius 1 is 1.24 bits per heavy atom. The quantitative estimate of drug-likeness (QED) is 0.726. The summed E-state index contributed by atoms with van der Waals surface area (Å²) < 4.78 is 15.5.